The van der Waals surface area contributed by atoms with Crippen LogP contribution in [0.15, 0.2) is 24.4 Å². The molecular weight excluding hydrogens is 340 g/mol. The molecule has 1 atom stereocenters. The van der Waals surface area contributed by atoms with Gasteiger partial charge in [-0.1, -0.05) is 0 Å². The van der Waals surface area contributed by atoms with Gasteiger partial charge in [0, 0.05) is 30.2 Å². The maximum Gasteiger partial charge on any atom is 0.232 e. The number of methoxy groups -OCH3 is 1. The van der Waals surface area contributed by atoms with E-state index in [4.69, 9.17) is 4.74 Å². The SMILES string of the molecule is COc1ccc2[nH]cc(C(C)(C)C(=O)N(C)C3CCS(=O)(=O)C3)c2c1. The van der Waals surface area contributed by atoms with E-state index in [1.165, 1.54) is 0 Å². The highest BCUT2D eigenvalue weighted by Crippen LogP contribution is 2.34. The smallest absolute Gasteiger partial charge is 0.232 e. The van der Waals surface area contributed by atoms with E-state index in [0.29, 0.717) is 6.42 Å². The first-order valence-corrected chi connectivity index (χ1v) is 10.1. The number of sulfone groups is 1. The van der Waals surface area contributed by atoms with Crippen LogP contribution in [0.4, 0.5) is 0 Å². The quantitative estimate of drug-likeness (QED) is 0.901. The van der Waals surface area contributed by atoms with Gasteiger partial charge in [0.2, 0.25) is 5.91 Å². The van der Waals surface area contributed by atoms with Crippen molar-refractivity contribution in [1.82, 2.24) is 9.88 Å². The van der Waals surface area contributed by atoms with E-state index in [9.17, 15) is 13.2 Å². The largest absolute Gasteiger partial charge is 0.497 e. The van der Waals surface area contributed by atoms with Gasteiger partial charge in [0.15, 0.2) is 9.84 Å². The van der Waals surface area contributed by atoms with Gasteiger partial charge >= 0.3 is 0 Å². The Morgan fingerprint density at radius 1 is 1.36 bits per heavy atom. The summed E-state index contributed by atoms with van der Waals surface area (Å²) in [5.41, 5.74) is 1.02. The van der Waals surface area contributed by atoms with Crippen molar-refractivity contribution in [2.24, 2.45) is 0 Å². The third-order valence-corrected chi connectivity index (χ3v) is 6.92. The van der Waals surface area contributed by atoms with Crippen LogP contribution >= 0.6 is 0 Å². The van der Waals surface area contributed by atoms with Gasteiger partial charge in [0.25, 0.3) is 0 Å². The van der Waals surface area contributed by atoms with Crippen molar-refractivity contribution in [3.05, 3.63) is 30.0 Å². The van der Waals surface area contributed by atoms with Crippen LogP contribution in [0.1, 0.15) is 25.8 Å². The van der Waals surface area contributed by atoms with E-state index in [1.807, 2.05) is 38.2 Å². The van der Waals surface area contributed by atoms with Crippen LogP contribution in [-0.4, -0.2) is 55.9 Å². The number of nitrogens with one attached hydrogen (secondary N) is 1. The van der Waals surface area contributed by atoms with Crippen molar-refractivity contribution in [3.63, 3.8) is 0 Å². The summed E-state index contributed by atoms with van der Waals surface area (Å²) in [6.45, 7) is 3.74. The topological polar surface area (TPSA) is 79.5 Å². The van der Waals surface area contributed by atoms with Crippen LogP contribution in [0.25, 0.3) is 10.9 Å². The summed E-state index contributed by atoms with van der Waals surface area (Å²) in [6, 6.07) is 5.45. The Kier molecular flexibility index (Phi) is 4.31. The van der Waals surface area contributed by atoms with Gasteiger partial charge in [0.05, 0.1) is 24.0 Å². The van der Waals surface area contributed by atoms with E-state index in [1.54, 1.807) is 19.1 Å². The minimum atomic E-state index is -3.03. The summed E-state index contributed by atoms with van der Waals surface area (Å²) < 4.78 is 28.8. The van der Waals surface area contributed by atoms with Crippen molar-refractivity contribution < 1.29 is 17.9 Å². The fourth-order valence-corrected chi connectivity index (χ4v) is 5.32. The van der Waals surface area contributed by atoms with Crippen molar-refractivity contribution in [3.8, 4) is 5.75 Å². The van der Waals surface area contributed by atoms with Crippen molar-refractivity contribution >= 4 is 26.6 Å². The zero-order chi connectivity index (χ0) is 18.4. The highest BCUT2D eigenvalue weighted by Gasteiger charge is 2.40. The second-order valence-corrected chi connectivity index (χ2v) is 9.44. The predicted octanol–water partition coefficient (Wildman–Crippen LogP) is 2.10. The molecule has 1 aliphatic rings. The number of fused-ring (bicyclic) bond motifs is 1. The second kappa shape index (κ2) is 6.05. The van der Waals surface area contributed by atoms with Crippen LogP contribution < -0.4 is 4.74 Å². The lowest BCUT2D eigenvalue weighted by molar-refractivity contribution is -0.136. The Morgan fingerprint density at radius 3 is 2.68 bits per heavy atom. The maximum atomic E-state index is 13.1. The van der Waals surface area contributed by atoms with Crippen LogP contribution in [-0.2, 0) is 20.0 Å². The lowest BCUT2D eigenvalue weighted by Gasteiger charge is -2.32. The number of rotatable bonds is 4. The van der Waals surface area contributed by atoms with E-state index in [-0.39, 0.29) is 23.5 Å². The van der Waals surface area contributed by atoms with Crippen LogP contribution in [0, 0.1) is 0 Å². The number of aromatic nitrogens is 1. The molecule has 2 heterocycles. The average molecular weight is 364 g/mol. The van der Waals surface area contributed by atoms with E-state index in [0.717, 1.165) is 22.2 Å². The number of likely N-dealkylation sites (N-methyl/N-ethyl adjacent to an activating group) is 1. The summed E-state index contributed by atoms with van der Waals surface area (Å²) in [5.74, 6) is 0.845. The molecule has 25 heavy (non-hydrogen) atoms. The number of carbonyl (C=O) groups is 1. The molecule has 0 radical (unpaired) electrons. The molecule has 1 saturated heterocycles. The number of benzene rings is 1. The first kappa shape index (κ1) is 17.8. The number of hydrogen-bond donors (Lipinski definition) is 1. The van der Waals surface area contributed by atoms with Crippen molar-refractivity contribution in [2.75, 3.05) is 25.7 Å². The van der Waals surface area contributed by atoms with Crippen LogP contribution in [0.5, 0.6) is 5.75 Å². The molecule has 2 aromatic rings. The van der Waals surface area contributed by atoms with Crippen molar-refractivity contribution in [2.45, 2.75) is 31.7 Å². The number of ether oxygens (including phenoxy) is 1. The summed E-state index contributed by atoms with van der Waals surface area (Å²) in [4.78, 5) is 17.9. The normalized spacial score (nSPS) is 19.9. The summed E-state index contributed by atoms with van der Waals surface area (Å²) in [5, 5.41) is 0.935. The molecule has 0 spiro atoms. The van der Waals surface area contributed by atoms with Gasteiger partial charge < -0.3 is 14.6 Å². The molecule has 1 aromatic carbocycles. The Bertz CT molecular complexity index is 914. The zero-order valence-corrected chi connectivity index (χ0v) is 15.8. The second-order valence-electron chi connectivity index (χ2n) is 7.21. The Balaban J connectivity index is 1.94. The summed E-state index contributed by atoms with van der Waals surface area (Å²) >= 11 is 0. The molecule has 1 aliphatic heterocycles. The lowest BCUT2D eigenvalue weighted by atomic mass is 9.82. The lowest BCUT2D eigenvalue weighted by Crippen LogP contribution is -2.46. The number of aromatic amines is 1. The molecule has 7 heteroatoms. The molecule has 1 N–H and O–H groups in total. The zero-order valence-electron chi connectivity index (χ0n) is 15.0. The summed E-state index contributed by atoms with van der Waals surface area (Å²) in [6.07, 6.45) is 2.35. The Labute approximate surface area is 148 Å². The minimum absolute atomic E-state index is 0.0486. The molecule has 136 valence electrons. The first-order valence-electron chi connectivity index (χ1n) is 8.29. The fraction of sp³-hybridized carbons (Fsp3) is 0.500. The fourth-order valence-electron chi connectivity index (χ4n) is 3.55. The van der Waals surface area contributed by atoms with Crippen LogP contribution in [0.3, 0.4) is 0 Å². The first-order chi connectivity index (χ1) is 11.7. The van der Waals surface area contributed by atoms with Crippen LogP contribution in [0.2, 0.25) is 0 Å². The molecule has 0 bridgehead atoms. The van der Waals surface area contributed by atoms with Gasteiger partial charge in [-0.05, 0) is 44.0 Å². The molecule has 1 amide bonds. The van der Waals surface area contributed by atoms with E-state index in [2.05, 4.69) is 4.98 Å². The third-order valence-electron chi connectivity index (χ3n) is 5.17. The molecule has 0 saturated carbocycles. The number of hydrogen-bond acceptors (Lipinski definition) is 4. The predicted molar refractivity (Wildman–Crippen MR) is 97.7 cm³/mol. The van der Waals surface area contributed by atoms with E-state index >= 15 is 0 Å². The third kappa shape index (κ3) is 3.13. The Morgan fingerprint density at radius 2 is 2.08 bits per heavy atom. The maximum absolute atomic E-state index is 13.1. The van der Waals surface area contributed by atoms with Gasteiger partial charge in [0.1, 0.15) is 5.75 Å². The molecule has 6 nitrogen and oxygen atoms in total. The highest BCUT2D eigenvalue weighted by molar-refractivity contribution is 7.91. The highest BCUT2D eigenvalue weighted by atomic mass is 32.2. The van der Waals surface area contributed by atoms with Gasteiger partial charge in [-0.3, -0.25) is 4.79 Å². The molecule has 1 unspecified atom stereocenters. The number of H-pyrrole nitrogens is 1. The van der Waals surface area contributed by atoms with Gasteiger partial charge in [-0.25, -0.2) is 8.42 Å². The van der Waals surface area contributed by atoms with Gasteiger partial charge in [-0.15, -0.1) is 0 Å². The molecule has 1 aromatic heterocycles. The van der Waals surface area contributed by atoms with E-state index < -0.39 is 15.3 Å². The summed E-state index contributed by atoms with van der Waals surface area (Å²) in [7, 11) is 0.275. The Hall–Kier alpha value is -2.02. The number of nitrogens with zero attached hydrogens (tertiary/aromatic N) is 1. The minimum Gasteiger partial charge on any atom is -0.497 e. The van der Waals surface area contributed by atoms with Crippen molar-refractivity contribution in [1.29, 1.82) is 0 Å². The molecule has 0 aliphatic carbocycles. The van der Waals surface area contributed by atoms with Gasteiger partial charge in [-0.2, -0.15) is 0 Å². The monoisotopic (exact) mass is 364 g/mol. The molecular formula is C18H24N2O4S. The molecule has 3 rings (SSSR count). The average Bonchev–Trinajstić information content (AvgIpc) is 3.15. The standard InChI is InChI=1S/C18H24N2O4S/c1-18(2,17(21)20(3)12-7-8-25(22,23)11-12)15-10-19-16-6-5-13(24-4)9-14(15)16/h5-6,9-10,12,19H,7-8,11H2,1-4H3. The number of carbonyl (C=O) groups excluding carboxylic acids is 1. The molecule has 1 fully saturated rings. The number of amides is 1.